The number of rotatable bonds is 0. The average molecular weight is 226 g/mol. The fourth-order valence-electron chi connectivity index (χ4n) is 4.62. The van der Waals surface area contributed by atoms with E-state index in [2.05, 4.69) is 20.8 Å². The van der Waals surface area contributed by atoms with Crippen LogP contribution in [0.2, 0.25) is 0 Å². The van der Waals surface area contributed by atoms with Crippen LogP contribution in [0, 0.1) is 23.2 Å². The molecular formula is C14H26O2. The molecule has 2 N–H and O–H groups in total. The molecule has 2 aliphatic carbocycles. The minimum atomic E-state index is -0.893. The minimum absolute atomic E-state index is 0.0521. The van der Waals surface area contributed by atoms with Crippen molar-refractivity contribution in [3.63, 3.8) is 0 Å². The van der Waals surface area contributed by atoms with Crippen molar-refractivity contribution in [2.75, 3.05) is 0 Å². The van der Waals surface area contributed by atoms with E-state index in [0.717, 1.165) is 19.3 Å². The third kappa shape index (κ3) is 1.53. The second kappa shape index (κ2) is 3.71. The fourth-order valence-corrected chi connectivity index (χ4v) is 4.62. The van der Waals surface area contributed by atoms with Crippen molar-refractivity contribution in [2.24, 2.45) is 23.2 Å². The lowest BCUT2D eigenvalue weighted by molar-refractivity contribution is -0.143. The van der Waals surface area contributed by atoms with Crippen molar-refractivity contribution in [1.82, 2.24) is 0 Å². The standard InChI is InChI=1S/C14H26O2/c1-9-5-10(2)8-14(7-9)11(3)6-12(15)13(14,4)16/h9-12,15-16H,5-8H2,1-4H3/t9-,10+,11-,12?,13?,14+/m1/s1. The minimum Gasteiger partial charge on any atom is -0.390 e. The summed E-state index contributed by atoms with van der Waals surface area (Å²) in [6, 6.07) is 0. The second-order valence-corrected chi connectivity index (χ2v) is 6.81. The normalized spacial score (nSPS) is 58.1. The Morgan fingerprint density at radius 2 is 1.50 bits per heavy atom. The van der Waals surface area contributed by atoms with Gasteiger partial charge in [0.15, 0.2) is 0 Å². The van der Waals surface area contributed by atoms with Crippen LogP contribution in [0.1, 0.15) is 53.4 Å². The van der Waals surface area contributed by atoms with Crippen LogP contribution < -0.4 is 0 Å². The van der Waals surface area contributed by atoms with E-state index in [1.54, 1.807) is 0 Å². The summed E-state index contributed by atoms with van der Waals surface area (Å²) in [5.41, 5.74) is -0.946. The highest BCUT2D eigenvalue weighted by molar-refractivity contribution is 5.11. The molecule has 2 fully saturated rings. The average Bonchev–Trinajstić information content (AvgIpc) is 2.27. The molecular weight excluding hydrogens is 200 g/mol. The van der Waals surface area contributed by atoms with Gasteiger partial charge in [0.1, 0.15) is 0 Å². The Balaban J connectivity index is 2.34. The molecule has 94 valence electrons. The van der Waals surface area contributed by atoms with Crippen LogP contribution in [0.25, 0.3) is 0 Å². The van der Waals surface area contributed by atoms with Gasteiger partial charge in [0.05, 0.1) is 11.7 Å². The summed E-state index contributed by atoms with van der Waals surface area (Å²) in [6.45, 7) is 8.62. The highest BCUT2D eigenvalue weighted by Gasteiger charge is 2.61. The maximum Gasteiger partial charge on any atom is 0.0936 e. The van der Waals surface area contributed by atoms with Crippen LogP contribution in [0.3, 0.4) is 0 Å². The van der Waals surface area contributed by atoms with Gasteiger partial charge in [-0.1, -0.05) is 20.8 Å². The quantitative estimate of drug-likeness (QED) is 0.666. The van der Waals surface area contributed by atoms with Crippen molar-refractivity contribution in [3.8, 4) is 0 Å². The topological polar surface area (TPSA) is 40.5 Å². The molecule has 1 spiro atoms. The molecule has 6 atom stereocenters. The molecule has 0 radical (unpaired) electrons. The van der Waals surface area contributed by atoms with Gasteiger partial charge in [0.2, 0.25) is 0 Å². The fraction of sp³-hybridized carbons (Fsp3) is 1.00. The SMILES string of the molecule is C[C@@H]1C[C@H](C)C[C@@]2(C1)[C@H](C)CC(O)C2(C)O. The summed E-state index contributed by atoms with van der Waals surface area (Å²) in [7, 11) is 0. The Labute approximate surface area is 99.1 Å². The van der Waals surface area contributed by atoms with E-state index >= 15 is 0 Å². The number of hydrogen-bond donors (Lipinski definition) is 2. The van der Waals surface area contributed by atoms with Gasteiger partial charge in [-0.2, -0.15) is 0 Å². The molecule has 0 heterocycles. The molecule has 2 nitrogen and oxygen atoms in total. The lowest BCUT2D eigenvalue weighted by atomic mass is 9.57. The second-order valence-electron chi connectivity index (χ2n) is 6.81. The van der Waals surface area contributed by atoms with Gasteiger partial charge in [0, 0.05) is 5.41 Å². The first-order valence-electron chi connectivity index (χ1n) is 6.70. The predicted octanol–water partition coefficient (Wildman–Crippen LogP) is 2.58. The molecule has 0 aromatic heterocycles. The summed E-state index contributed by atoms with van der Waals surface area (Å²) in [5, 5.41) is 20.8. The third-order valence-electron chi connectivity index (χ3n) is 5.41. The molecule has 2 heteroatoms. The van der Waals surface area contributed by atoms with E-state index in [4.69, 9.17) is 0 Å². The first-order valence-corrected chi connectivity index (χ1v) is 6.70. The van der Waals surface area contributed by atoms with Crippen LogP contribution in [0.4, 0.5) is 0 Å². The number of aliphatic hydroxyl groups excluding tert-OH is 1. The third-order valence-corrected chi connectivity index (χ3v) is 5.41. The van der Waals surface area contributed by atoms with E-state index in [-0.39, 0.29) is 5.41 Å². The zero-order valence-electron chi connectivity index (χ0n) is 11.0. The molecule has 0 bridgehead atoms. The van der Waals surface area contributed by atoms with E-state index in [9.17, 15) is 10.2 Å². The largest absolute Gasteiger partial charge is 0.390 e. The molecule has 0 amide bonds. The Bertz CT molecular complexity index is 262. The van der Waals surface area contributed by atoms with Crippen LogP contribution in [-0.2, 0) is 0 Å². The van der Waals surface area contributed by atoms with Crippen molar-refractivity contribution >= 4 is 0 Å². The zero-order valence-corrected chi connectivity index (χ0v) is 11.0. The predicted molar refractivity (Wildman–Crippen MR) is 65.0 cm³/mol. The van der Waals surface area contributed by atoms with Gasteiger partial charge in [-0.15, -0.1) is 0 Å². The van der Waals surface area contributed by atoms with Crippen molar-refractivity contribution in [3.05, 3.63) is 0 Å². The molecule has 16 heavy (non-hydrogen) atoms. The summed E-state index contributed by atoms with van der Waals surface area (Å²) < 4.78 is 0. The first-order chi connectivity index (χ1) is 7.29. The van der Waals surface area contributed by atoms with Crippen molar-refractivity contribution in [1.29, 1.82) is 0 Å². The summed E-state index contributed by atoms with van der Waals surface area (Å²) >= 11 is 0. The number of hydrogen-bond acceptors (Lipinski definition) is 2. The molecule has 2 rings (SSSR count). The Morgan fingerprint density at radius 3 is 1.88 bits per heavy atom. The Morgan fingerprint density at radius 1 is 1.00 bits per heavy atom. The zero-order chi connectivity index (χ0) is 12.1. The van der Waals surface area contributed by atoms with E-state index in [0.29, 0.717) is 17.8 Å². The maximum absolute atomic E-state index is 10.7. The van der Waals surface area contributed by atoms with E-state index in [1.165, 1.54) is 6.42 Å². The van der Waals surface area contributed by atoms with E-state index < -0.39 is 11.7 Å². The summed E-state index contributed by atoms with van der Waals surface area (Å²) in [6.07, 6.45) is 3.62. The molecule has 0 saturated heterocycles. The maximum atomic E-state index is 10.7. The molecule has 0 aromatic carbocycles. The highest BCUT2D eigenvalue weighted by Crippen LogP contribution is 2.60. The lowest BCUT2D eigenvalue weighted by Crippen LogP contribution is -2.53. The van der Waals surface area contributed by atoms with Crippen LogP contribution in [0.5, 0.6) is 0 Å². The molecule has 2 saturated carbocycles. The molecule has 2 aliphatic rings. The van der Waals surface area contributed by atoms with Crippen molar-refractivity contribution in [2.45, 2.75) is 65.1 Å². The van der Waals surface area contributed by atoms with Gasteiger partial charge in [-0.05, 0) is 50.4 Å². The lowest BCUT2D eigenvalue weighted by Gasteiger charge is -2.50. The van der Waals surface area contributed by atoms with Crippen LogP contribution in [-0.4, -0.2) is 21.9 Å². The van der Waals surface area contributed by atoms with Crippen molar-refractivity contribution < 1.29 is 10.2 Å². The van der Waals surface area contributed by atoms with Gasteiger partial charge in [0.25, 0.3) is 0 Å². The number of aliphatic hydroxyl groups is 2. The highest BCUT2D eigenvalue weighted by atomic mass is 16.3. The van der Waals surface area contributed by atoms with Gasteiger partial charge < -0.3 is 10.2 Å². The van der Waals surface area contributed by atoms with Gasteiger partial charge in [-0.3, -0.25) is 0 Å². The van der Waals surface area contributed by atoms with Crippen LogP contribution >= 0.6 is 0 Å². The summed E-state index contributed by atoms with van der Waals surface area (Å²) in [5.74, 6) is 1.77. The van der Waals surface area contributed by atoms with Gasteiger partial charge >= 0.3 is 0 Å². The smallest absolute Gasteiger partial charge is 0.0936 e. The Hall–Kier alpha value is -0.0800. The summed E-state index contributed by atoms with van der Waals surface area (Å²) in [4.78, 5) is 0. The molecule has 0 aliphatic heterocycles. The van der Waals surface area contributed by atoms with Gasteiger partial charge in [-0.25, -0.2) is 0 Å². The molecule has 0 aromatic rings. The molecule has 2 unspecified atom stereocenters. The Kier molecular flexibility index (Phi) is 2.87. The monoisotopic (exact) mass is 226 g/mol. The van der Waals surface area contributed by atoms with Crippen LogP contribution in [0.15, 0.2) is 0 Å². The van der Waals surface area contributed by atoms with E-state index in [1.807, 2.05) is 6.92 Å². The first kappa shape index (κ1) is 12.4.